The van der Waals surface area contributed by atoms with E-state index in [-0.39, 0.29) is 5.91 Å². The number of thioether (sulfide) groups is 1. The van der Waals surface area contributed by atoms with Gasteiger partial charge in [0.25, 0.3) is 5.91 Å². The molecule has 4 rings (SSSR count). The van der Waals surface area contributed by atoms with Gasteiger partial charge in [-0.3, -0.25) is 4.79 Å². The first-order valence-corrected chi connectivity index (χ1v) is 10.7. The van der Waals surface area contributed by atoms with Crippen molar-refractivity contribution in [3.63, 3.8) is 0 Å². The van der Waals surface area contributed by atoms with Gasteiger partial charge in [0.15, 0.2) is 0 Å². The molecule has 0 radical (unpaired) electrons. The van der Waals surface area contributed by atoms with Gasteiger partial charge in [-0.15, -0.1) is 23.1 Å². The fourth-order valence-corrected chi connectivity index (χ4v) is 6.26. The van der Waals surface area contributed by atoms with Crippen LogP contribution in [0.3, 0.4) is 0 Å². The first kappa shape index (κ1) is 16.9. The van der Waals surface area contributed by atoms with Gasteiger partial charge in [0.2, 0.25) is 0 Å². The average molecular weight is 370 g/mol. The summed E-state index contributed by atoms with van der Waals surface area (Å²) >= 11 is 3.58. The lowest BCUT2D eigenvalue weighted by Crippen LogP contribution is -2.15. The molecule has 2 aromatic rings. The Kier molecular flexibility index (Phi) is 4.50. The number of aryl methyl sites for hydroxylation is 2. The van der Waals surface area contributed by atoms with Crippen molar-refractivity contribution in [1.82, 2.24) is 0 Å². The molecule has 0 bridgehead atoms. The summed E-state index contributed by atoms with van der Waals surface area (Å²) in [7, 11) is 0. The van der Waals surface area contributed by atoms with Gasteiger partial charge in [0.1, 0.15) is 0 Å². The van der Waals surface area contributed by atoms with Crippen molar-refractivity contribution in [2.45, 2.75) is 45.8 Å². The molecule has 1 amide bonds. The zero-order valence-corrected chi connectivity index (χ0v) is 16.6. The molecule has 1 atom stereocenters. The zero-order valence-electron chi connectivity index (χ0n) is 14.9. The third-order valence-electron chi connectivity index (χ3n) is 5.15. The Labute approximate surface area is 157 Å². The highest BCUT2D eigenvalue weighted by Crippen LogP contribution is 2.43. The van der Waals surface area contributed by atoms with Crippen LogP contribution in [0, 0.1) is 19.8 Å². The van der Waals surface area contributed by atoms with E-state index in [0.29, 0.717) is 0 Å². The minimum absolute atomic E-state index is 0.0177. The van der Waals surface area contributed by atoms with E-state index < -0.39 is 0 Å². The highest BCUT2D eigenvalue weighted by Gasteiger charge is 2.27. The number of amides is 1. The highest BCUT2D eigenvalue weighted by atomic mass is 32.2. The SMILES string of the molecule is Cc1ccc(C)c(NC(=O)C2=Cc3sc4c(c3CS2)CC[C@H](C)C4)c1. The number of hydrogen-bond acceptors (Lipinski definition) is 3. The second kappa shape index (κ2) is 6.65. The van der Waals surface area contributed by atoms with Gasteiger partial charge >= 0.3 is 0 Å². The lowest BCUT2D eigenvalue weighted by molar-refractivity contribution is -0.112. The largest absolute Gasteiger partial charge is 0.321 e. The molecule has 0 spiro atoms. The molecule has 1 aliphatic heterocycles. The minimum atomic E-state index is 0.0177. The van der Waals surface area contributed by atoms with E-state index in [2.05, 4.69) is 30.4 Å². The zero-order chi connectivity index (χ0) is 17.6. The molecule has 0 unspecified atom stereocenters. The molecule has 0 fully saturated rings. The van der Waals surface area contributed by atoms with E-state index >= 15 is 0 Å². The maximum absolute atomic E-state index is 12.7. The van der Waals surface area contributed by atoms with E-state index in [1.54, 1.807) is 22.2 Å². The molecule has 0 saturated carbocycles. The molecule has 1 aromatic heterocycles. The number of fused-ring (bicyclic) bond motifs is 3. The summed E-state index contributed by atoms with van der Waals surface area (Å²) < 4.78 is 0. The van der Waals surface area contributed by atoms with Crippen molar-refractivity contribution >= 4 is 40.8 Å². The Morgan fingerprint density at radius 1 is 1.24 bits per heavy atom. The van der Waals surface area contributed by atoms with E-state index in [4.69, 9.17) is 0 Å². The molecule has 4 heteroatoms. The summed E-state index contributed by atoms with van der Waals surface area (Å²) in [5.41, 5.74) is 6.24. The summed E-state index contributed by atoms with van der Waals surface area (Å²) in [5, 5.41) is 3.10. The minimum Gasteiger partial charge on any atom is -0.321 e. The van der Waals surface area contributed by atoms with Crippen LogP contribution in [0.5, 0.6) is 0 Å². The molecule has 130 valence electrons. The van der Waals surface area contributed by atoms with Crippen LogP contribution in [0.15, 0.2) is 23.1 Å². The summed E-state index contributed by atoms with van der Waals surface area (Å²) in [6, 6.07) is 6.17. The van der Waals surface area contributed by atoms with Gasteiger partial charge < -0.3 is 5.32 Å². The number of carbonyl (C=O) groups excluding carboxylic acids is 1. The van der Waals surface area contributed by atoms with Crippen molar-refractivity contribution < 1.29 is 4.79 Å². The molecule has 2 nitrogen and oxygen atoms in total. The monoisotopic (exact) mass is 369 g/mol. The number of rotatable bonds is 2. The van der Waals surface area contributed by atoms with Gasteiger partial charge in [-0.25, -0.2) is 0 Å². The smallest absolute Gasteiger partial charge is 0.262 e. The number of carbonyl (C=O) groups is 1. The fourth-order valence-electron chi connectivity index (χ4n) is 3.61. The summed E-state index contributed by atoms with van der Waals surface area (Å²) in [6.07, 6.45) is 5.82. The van der Waals surface area contributed by atoms with Crippen LogP contribution in [0.1, 0.15) is 45.4 Å². The molecule has 1 aromatic carbocycles. The topological polar surface area (TPSA) is 29.1 Å². The van der Waals surface area contributed by atoms with Crippen molar-refractivity contribution in [3.8, 4) is 0 Å². The maximum atomic E-state index is 12.7. The molecular weight excluding hydrogens is 346 g/mol. The van der Waals surface area contributed by atoms with E-state index in [1.165, 1.54) is 29.7 Å². The third-order valence-corrected chi connectivity index (χ3v) is 7.44. The highest BCUT2D eigenvalue weighted by molar-refractivity contribution is 8.03. The van der Waals surface area contributed by atoms with Crippen LogP contribution in [0.2, 0.25) is 0 Å². The van der Waals surface area contributed by atoms with Crippen molar-refractivity contribution in [2.24, 2.45) is 5.92 Å². The Hall–Kier alpha value is -1.52. The van der Waals surface area contributed by atoms with E-state index in [1.807, 2.05) is 31.3 Å². The predicted octanol–water partition coefficient (Wildman–Crippen LogP) is 5.72. The average Bonchev–Trinajstić information content (AvgIpc) is 2.94. The van der Waals surface area contributed by atoms with Crippen molar-refractivity contribution in [3.05, 3.63) is 55.1 Å². The Balaban J connectivity index is 1.59. The molecule has 2 heterocycles. The van der Waals surface area contributed by atoms with Crippen LogP contribution < -0.4 is 5.32 Å². The van der Waals surface area contributed by atoms with Crippen molar-refractivity contribution in [1.29, 1.82) is 0 Å². The maximum Gasteiger partial charge on any atom is 0.262 e. The lowest BCUT2D eigenvalue weighted by Gasteiger charge is -2.20. The van der Waals surface area contributed by atoms with Gasteiger partial charge in [-0.05, 0) is 73.4 Å². The van der Waals surface area contributed by atoms with E-state index in [0.717, 1.165) is 33.4 Å². The molecule has 2 aliphatic rings. The quantitative estimate of drug-likeness (QED) is 0.734. The van der Waals surface area contributed by atoms with E-state index in [9.17, 15) is 4.79 Å². The van der Waals surface area contributed by atoms with Crippen LogP contribution in [-0.2, 0) is 23.4 Å². The normalized spacial score (nSPS) is 19.0. The Morgan fingerprint density at radius 3 is 2.92 bits per heavy atom. The Morgan fingerprint density at radius 2 is 2.08 bits per heavy atom. The fraction of sp³-hybridized carbons (Fsp3) is 0.381. The van der Waals surface area contributed by atoms with Gasteiger partial charge in [0.05, 0.1) is 4.91 Å². The second-order valence-corrected chi connectivity index (χ2v) is 9.42. The summed E-state index contributed by atoms with van der Waals surface area (Å²) in [5.74, 6) is 1.74. The van der Waals surface area contributed by atoms with Crippen molar-refractivity contribution in [2.75, 3.05) is 5.32 Å². The Bertz CT molecular complexity index is 878. The number of nitrogens with one attached hydrogen (secondary N) is 1. The molecule has 1 aliphatic carbocycles. The first-order valence-electron chi connectivity index (χ1n) is 8.88. The number of anilines is 1. The van der Waals surface area contributed by atoms with Crippen LogP contribution in [-0.4, -0.2) is 5.91 Å². The third kappa shape index (κ3) is 3.30. The first-order chi connectivity index (χ1) is 12.0. The molecule has 1 N–H and O–H groups in total. The van der Waals surface area contributed by atoms with Gasteiger partial charge in [-0.2, -0.15) is 0 Å². The van der Waals surface area contributed by atoms with Crippen LogP contribution in [0.4, 0.5) is 5.69 Å². The summed E-state index contributed by atoms with van der Waals surface area (Å²) in [6.45, 7) is 6.42. The van der Waals surface area contributed by atoms with Gasteiger partial charge in [0, 0.05) is 21.2 Å². The number of hydrogen-bond donors (Lipinski definition) is 1. The number of benzene rings is 1. The number of thiophene rings is 1. The lowest BCUT2D eigenvalue weighted by atomic mass is 9.88. The van der Waals surface area contributed by atoms with Crippen LogP contribution >= 0.6 is 23.1 Å². The standard InChI is InChI=1S/C21H23NOS2/c1-12-4-6-14(3)17(8-12)22-21(23)20-10-19-16(11-24-20)15-7-5-13(2)9-18(15)25-19/h4,6,8,10,13H,5,7,9,11H2,1-3H3,(H,22,23)/t13-/m0/s1. The predicted molar refractivity (Wildman–Crippen MR) is 109 cm³/mol. The molecular formula is C21H23NOS2. The molecule has 25 heavy (non-hydrogen) atoms. The second-order valence-electron chi connectivity index (χ2n) is 7.26. The molecule has 0 saturated heterocycles. The van der Waals surface area contributed by atoms with Gasteiger partial charge in [-0.1, -0.05) is 19.1 Å². The summed E-state index contributed by atoms with van der Waals surface area (Å²) in [4.78, 5) is 16.4. The van der Waals surface area contributed by atoms with Crippen LogP contribution in [0.25, 0.3) is 6.08 Å².